The van der Waals surface area contributed by atoms with Gasteiger partial charge in [0.05, 0.1) is 5.69 Å². The van der Waals surface area contributed by atoms with E-state index >= 15 is 0 Å². The maximum Gasteiger partial charge on any atom is 0.232 e. The smallest absolute Gasteiger partial charge is 0.232 e. The maximum atomic E-state index is 5.02. The van der Waals surface area contributed by atoms with Crippen molar-refractivity contribution in [2.24, 2.45) is 0 Å². The van der Waals surface area contributed by atoms with E-state index in [0.717, 1.165) is 53.7 Å². The lowest BCUT2D eigenvalue weighted by Gasteiger charge is -2.30. The van der Waals surface area contributed by atoms with Gasteiger partial charge in [-0.1, -0.05) is 56.3 Å². The van der Waals surface area contributed by atoms with E-state index in [1.54, 1.807) is 0 Å². The van der Waals surface area contributed by atoms with E-state index in [2.05, 4.69) is 114 Å². The van der Waals surface area contributed by atoms with E-state index in [1.165, 1.54) is 16.7 Å². The van der Waals surface area contributed by atoms with Crippen LogP contribution in [0.15, 0.2) is 65.1 Å². The molecule has 1 aromatic heterocycles. The summed E-state index contributed by atoms with van der Waals surface area (Å²) in [7, 11) is 0. The van der Waals surface area contributed by atoms with Gasteiger partial charge in [0, 0.05) is 35.9 Å². The van der Waals surface area contributed by atoms with Crippen molar-refractivity contribution in [2.45, 2.75) is 40.0 Å². The van der Waals surface area contributed by atoms with Crippen molar-refractivity contribution in [1.82, 2.24) is 9.97 Å². The summed E-state index contributed by atoms with van der Waals surface area (Å²) < 4.78 is 1.07. The van der Waals surface area contributed by atoms with Gasteiger partial charge in [-0.15, -0.1) is 12.4 Å². The molecule has 2 aromatic carbocycles. The Bertz CT molecular complexity index is 1110. The lowest BCUT2D eigenvalue weighted by Crippen LogP contribution is -2.31. The molecule has 1 aliphatic rings. The van der Waals surface area contributed by atoms with E-state index in [9.17, 15) is 0 Å². The molecule has 6 heteroatoms. The highest BCUT2D eigenvalue weighted by molar-refractivity contribution is 9.10. The van der Waals surface area contributed by atoms with Crippen LogP contribution in [0, 0.1) is 6.92 Å². The first-order valence-corrected chi connectivity index (χ1v) is 12.2. The van der Waals surface area contributed by atoms with Crippen molar-refractivity contribution in [3.8, 4) is 0 Å². The Labute approximate surface area is 212 Å². The number of benzene rings is 2. The molecule has 0 saturated heterocycles. The van der Waals surface area contributed by atoms with Crippen LogP contribution in [-0.4, -0.2) is 29.6 Å². The number of halogens is 2. The van der Waals surface area contributed by atoms with Crippen LogP contribution in [0.25, 0.3) is 5.57 Å². The Morgan fingerprint density at radius 3 is 2.48 bits per heavy atom. The third-order valence-corrected chi connectivity index (χ3v) is 6.57. The van der Waals surface area contributed by atoms with Gasteiger partial charge in [-0.05, 0) is 70.9 Å². The lowest BCUT2D eigenvalue weighted by atomic mass is 10.0. The van der Waals surface area contributed by atoms with Crippen molar-refractivity contribution in [3.05, 3.63) is 82.0 Å². The van der Waals surface area contributed by atoms with E-state index in [1.807, 2.05) is 0 Å². The second kappa shape index (κ2) is 11.2. The summed E-state index contributed by atoms with van der Waals surface area (Å²) >= 11 is 3.79. The second-order valence-corrected chi connectivity index (χ2v) is 9.44. The summed E-state index contributed by atoms with van der Waals surface area (Å²) in [5.41, 5.74) is 6.03. The third-order valence-electron chi connectivity index (χ3n) is 5.94. The predicted octanol–water partition coefficient (Wildman–Crippen LogP) is 7.54. The van der Waals surface area contributed by atoms with Crippen LogP contribution in [-0.2, 0) is 0 Å². The highest BCUT2D eigenvalue weighted by Gasteiger charge is 2.20. The van der Waals surface area contributed by atoms with Gasteiger partial charge in [0.25, 0.3) is 0 Å². The topological polar surface area (TPSA) is 32.3 Å². The first-order chi connectivity index (χ1) is 15.5. The SMILES string of the molecule is CCN(c1nc(C)cc(N2CCC=C(c3ccccc3)C2)n1)c1ccc(C(C)C)cc1Br.Cl. The minimum absolute atomic E-state index is 0. The molecule has 0 bridgehead atoms. The average Bonchev–Trinajstić information content (AvgIpc) is 2.81. The molecule has 174 valence electrons. The number of hydrogen-bond acceptors (Lipinski definition) is 4. The van der Waals surface area contributed by atoms with Crippen molar-refractivity contribution in [1.29, 1.82) is 0 Å². The average molecular weight is 528 g/mol. The molecule has 0 fully saturated rings. The van der Waals surface area contributed by atoms with Crippen LogP contribution >= 0.6 is 28.3 Å². The summed E-state index contributed by atoms with van der Waals surface area (Å²) in [6.07, 6.45) is 3.37. The van der Waals surface area contributed by atoms with Crippen LogP contribution in [0.4, 0.5) is 17.5 Å². The highest BCUT2D eigenvalue weighted by atomic mass is 79.9. The standard InChI is InChI=1S/C27H31BrN4.ClH/c1-5-32(25-14-13-22(19(2)3)17-24(25)28)27-29-20(4)16-26(30-27)31-15-9-12-23(18-31)21-10-7-6-8-11-21;/h6-8,10-14,16-17,19H,5,9,15,18H2,1-4H3;1H. The monoisotopic (exact) mass is 526 g/mol. The van der Waals surface area contributed by atoms with E-state index in [4.69, 9.17) is 9.97 Å². The van der Waals surface area contributed by atoms with Gasteiger partial charge >= 0.3 is 0 Å². The quantitative estimate of drug-likeness (QED) is 0.331. The second-order valence-electron chi connectivity index (χ2n) is 8.58. The molecule has 0 atom stereocenters. The summed E-state index contributed by atoms with van der Waals surface area (Å²) in [6.45, 7) is 11.2. The van der Waals surface area contributed by atoms with Crippen molar-refractivity contribution in [3.63, 3.8) is 0 Å². The molecular formula is C27H32BrClN4. The molecule has 1 aliphatic heterocycles. The fraction of sp³-hybridized carbons (Fsp3) is 0.333. The third kappa shape index (κ3) is 5.77. The molecule has 4 nitrogen and oxygen atoms in total. The number of anilines is 3. The molecule has 0 spiro atoms. The minimum Gasteiger partial charge on any atom is -0.352 e. The number of rotatable bonds is 6. The first kappa shape index (κ1) is 25.3. The largest absolute Gasteiger partial charge is 0.352 e. The zero-order chi connectivity index (χ0) is 22.7. The Balaban J connectivity index is 0.00000306. The fourth-order valence-electron chi connectivity index (χ4n) is 4.14. The molecule has 33 heavy (non-hydrogen) atoms. The van der Waals surface area contributed by atoms with Crippen LogP contribution < -0.4 is 9.80 Å². The Hall–Kier alpha value is -2.37. The number of aryl methyl sites for hydroxylation is 1. The normalized spacial score (nSPS) is 13.5. The Morgan fingerprint density at radius 2 is 1.82 bits per heavy atom. The van der Waals surface area contributed by atoms with Gasteiger partial charge in [0.2, 0.25) is 5.95 Å². The summed E-state index contributed by atoms with van der Waals surface area (Å²) in [6, 6.07) is 19.3. The summed E-state index contributed by atoms with van der Waals surface area (Å²) in [4.78, 5) is 14.4. The highest BCUT2D eigenvalue weighted by Crippen LogP contribution is 2.34. The molecule has 2 heterocycles. The predicted molar refractivity (Wildman–Crippen MR) is 146 cm³/mol. The van der Waals surface area contributed by atoms with Crippen LogP contribution in [0.2, 0.25) is 0 Å². The first-order valence-electron chi connectivity index (χ1n) is 11.4. The van der Waals surface area contributed by atoms with Crippen LogP contribution in [0.3, 0.4) is 0 Å². The van der Waals surface area contributed by atoms with Crippen molar-refractivity contribution in [2.75, 3.05) is 29.4 Å². The molecule has 0 saturated carbocycles. The number of hydrogen-bond donors (Lipinski definition) is 0. The minimum atomic E-state index is 0. The number of aromatic nitrogens is 2. The fourth-order valence-corrected chi connectivity index (χ4v) is 4.75. The molecule has 0 aliphatic carbocycles. The van der Waals surface area contributed by atoms with Gasteiger partial charge in [-0.2, -0.15) is 4.98 Å². The molecule has 3 aromatic rings. The summed E-state index contributed by atoms with van der Waals surface area (Å²) in [5.74, 6) is 2.22. The zero-order valence-electron chi connectivity index (χ0n) is 19.8. The van der Waals surface area contributed by atoms with Crippen LogP contribution in [0.1, 0.15) is 49.9 Å². The Morgan fingerprint density at radius 1 is 1.06 bits per heavy atom. The Kier molecular flexibility index (Phi) is 8.55. The van der Waals surface area contributed by atoms with E-state index in [0.29, 0.717) is 5.92 Å². The zero-order valence-corrected chi connectivity index (χ0v) is 22.2. The summed E-state index contributed by atoms with van der Waals surface area (Å²) in [5, 5.41) is 0. The molecular weight excluding hydrogens is 496 g/mol. The maximum absolute atomic E-state index is 5.02. The van der Waals surface area contributed by atoms with Crippen molar-refractivity contribution >= 4 is 51.4 Å². The van der Waals surface area contributed by atoms with E-state index in [-0.39, 0.29) is 12.4 Å². The van der Waals surface area contributed by atoms with Gasteiger partial charge in [-0.25, -0.2) is 4.98 Å². The van der Waals surface area contributed by atoms with Gasteiger partial charge in [-0.3, -0.25) is 0 Å². The number of nitrogens with zero attached hydrogens (tertiary/aromatic N) is 4. The molecule has 0 unspecified atom stereocenters. The molecule has 0 N–H and O–H groups in total. The van der Waals surface area contributed by atoms with Gasteiger partial charge < -0.3 is 9.80 Å². The molecule has 4 rings (SSSR count). The van der Waals surface area contributed by atoms with Crippen LogP contribution in [0.5, 0.6) is 0 Å². The van der Waals surface area contributed by atoms with Gasteiger partial charge in [0.1, 0.15) is 5.82 Å². The van der Waals surface area contributed by atoms with Gasteiger partial charge in [0.15, 0.2) is 0 Å². The van der Waals surface area contributed by atoms with E-state index < -0.39 is 0 Å². The molecule has 0 radical (unpaired) electrons. The lowest BCUT2D eigenvalue weighted by molar-refractivity contribution is 0.805. The molecule has 0 amide bonds. The van der Waals surface area contributed by atoms with Crippen molar-refractivity contribution < 1.29 is 0 Å².